The Balaban J connectivity index is 1.63. The Hall–Kier alpha value is -1.24. The van der Waals surface area contributed by atoms with Gasteiger partial charge in [0.2, 0.25) is 0 Å². The van der Waals surface area contributed by atoms with Gasteiger partial charge in [0, 0.05) is 29.1 Å². The Kier molecular flexibility index (Phi) is 4.70. The molecule has 2 aromatic rings. The predicted molar refractivity (Wildman–Crippen MR) is 101 cm³/mol. The second kappa shape index (κ2) is 6.94. The van der Waals surface area contributed by atoms with E-state index in [1.807, 2.05) is 36.3 Å². The van der Waals surface area contributed by atoms with Crippen LogP contribution < -0.4 is 5.32 Å². The highest BCUT2D eigenvalue weighted by molar-refractivity contribution is 7.98. The van der Waals surface area contributed by atoms with Crippen LogP contribution in [0, 0.1) is 0 Å². The molecule has 2 aliphatic heterocycles. The van der Waals surface area contributed by atoms with Crippen molar-refractivity contribution in [1.82, 2.24) is 14.8 Å². The Bertz CT molecular complexity index is 715. The maximum atomic E-state index is 13.1. The molecule has 0 unspecified atom stereocenters. The SMILES string of the molecule is CN1CCC(NC(=O)c2c(-n3cccc3)sc3c2CCSC3)CC1. The lowest BCUT2D eigenvalue weighted by Gasteiger charge is -2.29. The molecule has 0 bridgehead atoms. The molecule has 1 N–H and O–H groups in total. The van der Waals surface area contributed by atoms with E-state index >= 15 is 0 Å². The summed E-state index contributed by atoms with van der Waals surface area (Å²) in [5.41, 5.74) is 2.21. The van der Waals surface area contributed by atoms with E-state index in [9.17, 15) is 4.79 Å². The number of rotatable bonds is 3. The van der Waals surface area contributed by atoms with Gasteiger partial charge in [-0.2, -0.15) is 11.8 Å². The Morgan fingerprint density at radius 2 is 2.00 bits per heavy atom. The largest absolute Gasteiger partial charge is 0.349 e. The highest BCUT2D eigenvalue weighted by Gasteiger charge is 2.28. The standard InChI is InChI=1S/C18H23N3OS2/c1-20-9-4-13(5-10-20)19-17(22)16-14-6-11-23-12-15(14)24-18(16)21-7-2-3-8-21/h2-3,7-8,13H,4-6,9-12H2,1H3,(H,19,22). The molecule has 0 spiro atoms. The minimum absolute atomic E-state index is 0.123. The van der Waals surface area contributed by atoms with Gasteiger partial charge in [0.1, 0.15) is 5.00 Å². The van der Waals surface area contributed by atoms with Crippen LogP contribution >= 0.6 is 23.1 Å². The van der Waals surface area contributed by atoms with Crippen LogP contribution in [-0.4, -0.2) is 47.3 Å². The van der Waals surface area contributed by atoms with E-state index in [0.29, 0.717) is 6.04 Å². The summed E-state index contributed by atoms with van der Waals surface area (Å²) in [5.74, 6) is 2.27. The summed E-state index contributed by atoms with van der Waals surface area (Å²) in [6, 6.07) is 4.35. The molecule has 1 fully saturated rings. The number of fused-ring (bicyclic) bond motifs is 1. The number of carbonyl (C=O) groups excluding carboxylic acids is 1. The lowest BCUT2D eigenvalue weighted by molar-refractivity contribution is 0.0916. The number of carbonyl (C=O) groups is 1. The summed E-state index contributed by atoms with van der Waals surface area (Å²) < 4.78 is 2.09. The summed E-state index contributed by atoms with van der Waals surface area (Å²) in [4.78, 5) is 16.8. The van der Waals surface area contributed by atoms with Crippen molar-refractivity contribution < 1.29 is 4.79 Å². The number of aromatic nitrogens is 1. The molecule has 4 rings (SSSR count). The van der Waals surface area contributed by atoms with E-state index in [1.54, 1.807) is 11.3 Å². The topological polar surface area (TPSA) is 37.3 Å². The first kappa shape index (κ1) is 16.2. The monoisotopic (exact) mass is 361 g/mol. The minimum atomic E-state index is 0.123. The quantitative estimate of drug-likeness (QED) is 0.912. The Morgan fingerprint density at radius 1 is 1.25 bits per heavy atom. The van der Waals surface area contributed by atoms with Crippen LogP contribution in [0.25, 0.3) is 5.00 Å². The van der Waals surface area contributed by atoms with E-state index in [-0.39, 0.29) is 5.91 Å². The minimum Gasteiger partial charge on any atom is -0.349 e. The van der Waals surface area contributed by atoms with Gasteiger partial charge in [-0.15, -0.1) is 11.3 Å². The predicted octanol–water partition coefficient (Wildman–Crippen LogP) is 3.15. The average molecular weight is 362 g/mol. The third-order valence-corrected chi connectivity index (χ3v) is 7.34. The van der Waals surface area contributed by atoms with E-state index in [2.05, 4.69) is 21.8 Å². The van der Waals surface area contributed by atoms with Crippen LogP contribution in [0.15, 0.2) is 24.5 Å². The van der Waals surface area contributed by atoms with Gasteiger partial charge in [-0.3, -0.25) is 4.79 Å². The number of amides is 1. The lowest BCUT2D eigenvalue weighted by Crippen LogP contribution is -2.43. The van der Waals surface area contributed by atoms with Crippen molar-refractivity contribution >= 4 is 29.0 Å². The van der Waals surface area contributed by atoms with Crippen LogP contribution in [0.5, 0.6) is 0 Å². The summed E-state index contributed by atoms with van der Waals surface area (Å²) in [5, 5.41) is 4.40. The van der Waals surface area contributed by atoms with Crippen molar-refractivity contribution in [1.29, 1.82) is 0 Å². The fraction of sp³-hybridized carbons (Fsp3) is 0.500. The molecule has 1 saturated heterocycles. The van der Waals surface area contributed by atoms with Gasteiger partial charge in [-0.25, -0.2) is 0 Å². The first-order valence-electron chi connectivity index (χ1n) is 8.57. The molecule has 1 amide bonds. The number of thioether (sulfide) groups is 1. The normalized spacial score (nSPS) is 19.2. The van der Waals surface area contributed by atoms with E-state index in [1.165, 1.54) is 10.4 Å². The molecular formula is C18H23N3OS2. The van der Waals surface area contributed by atoms with Gasteiger partial charge in [0.05, 0.1) is 5.56 Å². The average Bonchev–Trinajstić information content (AvgIpc) is 3.23. The lowest BCUT2D eigenvalue weighted by atomic mass is 10.0. The molecule has 24 heavy (non-hydrogen) atoms. The smallest absolute Gasteiger partial charge is 0.254 e. The number of nitrogens with zero attached hydrogens (tertiary/aromatic N) is 2. The zero-order valence-electron chi connectivity index (χ0n) is 14.0. The first-order chi connectivity index (χ1) is 11.7. The van der Waals surface area contributed by atoms with Gasteiger partial charge in [-0.05, 0) is 62.8 Å². The highest BCUT2D eigenvalue weighted by atomic mass is 32.2. The molecule has 0 saturated carbocycles. The molecule has 0 aliphatic carbocycles. The number of thiophene rings is 1. The van der Waals surface area contributed by atoms with Gasteiger partial charge in [0.25, 0.3) is 5.91 Å². The molecule has 128 valence electrons. The van der Waals surface area contributed by atoms with Gasteiger partial charge in [0.15, 0.2) is 0 Å². The fourth-order valence-electron chi connectivity index (χ4n) is 3.51. The molecule has 4 nitrogen and oxygen atoms in total. The second-order valence-electron chi connectivity index (χ2n) is 6.63. The maximum absolute atomic E-state index is 13.1. The summed E-state index contributed by atoms with van der Waals surface area (Å²) in [6.45, 7) is 2.13. The van der Waals surface area contributed by atoms with Crippen molar-refractivity contribution in [3.05, 3.63) is 40.5 Å². The number of hydrogen-bond acceptors (Lipinski definition) is 4. The van der Waals surface area contributed by atoms with Crippen LogP contribution in [0.2, 0.25) is 0 Å². The van der Waals surface area contributed by atoms with Gasteiger partial charge in [-0.1, -0.05) is 0 Å². The van der Waals surface area contributed by atoms with Crippen molar-refractivity contribution in [3.63, 3.8) is 0 Å². The summed E-state index contributed by atoms with van der Waals surface area (Å²) >= 11 is 3.75. The zero-order valence-corrected chi connectivity index (χ0v) is 15.6. The molecule has 2 aliphatic rings. The summed E-state index contributed by atoms with van der Waals surface area (Å²) in [6.07, 6.45) is 7.17. The third kappa shape index (κ3) is 3.15. The van der Waals surface area contributed by atoms with Crippen molar-refractivity contribution in [2.45, 2.75) is 31.1 Å². The van der Waals surface area contributed by atoms with E-state index in [0.717, 1.165) is 54.4 Å². The van der Waals surface area contributed by atoms with E-state index in [4.69, 9.17) is 0 Å². The third-order valence-electron chi connectivity index (χ3n) is 4.92. The highest BCUT2D eigenvalue weighted by Crippen LogP contribution is 2.38. The number of nitrogens with one attached hydrogen (secondary N) is 1. The van der Waals surface area contributed by atoms with Crippen molar-refractivity contribution in [2.75, 3.05) is 25.9 Å². The van der Waals surface area contributed by atoms with Crippen molar-refractivity contribution in [3.8, 4) is 5.00 Å². The van der Waals surface area contributed by atoms with Crippen LogP contribution in [-0.2, 0) is 12.2 Å². The Labute approximate surface area is 151 Å². The summed E-state index contributed by atoms with van der Waals surface area (Å²) in [7, 11) is 2.15. The fourth-order valence-corrected chi connectivity index (χ4v) is 5.96. The second-order valence-corrected chi connectivity index (χ2v) is 8.82. The van der Waals surface area contributed by atoms with Gasteiger partial charge >= 0.3 is 0 Å². The molecule has 0 radical (unpaired) electrons. The molecule has 0 aromatic carbocycles. The molecule has 2 aromatic heterocycles. The van der Waals surface area contributed by atoms with Crippen LogP contribution in [0.4, 0.5) is 0 Å². The number of hydrogen-bond donors (Lipinski definition) is 1. The van der Waals surface area contributed by atoms with Crippen LogP contribution in [0.3, 0.4) is 0 Å². The van der Waals surface area contributed by atoms with E-state index < -0.39 is 0 Å². The molecule has 0 atom stereocenters. The Morgan fingerprint density at radius 3 is 2.75 bits per heavy atom. The molecule has 6 heteroatoms. The molecule has 4 heterocycles. The first-order valence-corrected chi connectivity index (χ1v) is 10.5. The number of likely N-dealkylation sites (tertiary alicyclic amines) is 1. The van der Waals surface area contributed by atoms with Crippen LogP contribution in [0.1, 0.15) is 33.6 Å². The van der Waals surface area contributed by atoms with Gasteiger partial charge < -0.3 is 14.8 Å². The maximum Gasteiger partial charge on any atom is 0.254 e. The zero-order chi connectivity index (χ0) is 16.5. The molecular weight excluding hydrogens is 338 g/mol. The van der Waals surface area contributed by atoms with Crippen molar-refractivity contribution in [2.24, 2.45) is 0 Å². The number of piperidine rings is 1.